The lowest BCUT2D eigenvalue weighted by molar-refractivity contribution is -0.138. The average molecular weight is 195 g/mol. The molecule has 0 aromatic heterocycles. The topological polar surface area (TPSA) is 12.5 Å². The number of nitrogens with zero attached hydrogens (tertiary/aromatic N) is 1. The van der Waals surface area contributed by atoms with Crippen LogP contribution in [0.1, 0.15) is 20.8 Å². The predicted molar refractivity (Wildman–Crippen MR) is 48.9 cm³/mol. The van der Waals surface area contributed by atoms with E-state index in [0.29, 0.717) is 0 Å². The van der Waals surface area contributed by atoms with Gasteiger partial charge in [0, 0.05) is 6.54 Å². The maximum atomic E-state index is 11.7. The Balaban J connectivity index is 3.53. The zero-order valence-electron chi connectivity index (χ0n) is 8.59. The molecule has 0 bridgehead atoms. The summed E-state index contributed by atoms with van der Waals surface area (Å²) in [5.74, 6) is 0.161. The van der Waals surface area contributed by atoms with Crippen molar-refractivity contribution in [2.45, 2.75) is 27.4 Å². The molecule has 1 unspecified atom stereocenters. The third-order valence-corrected chi connectivity index (χ3v) is 1.97. The van der Waals surface area contributed by atoms with Gasteiger partial charge >= 0.3 is 6.61 Å². The minimum absolute atomic E-state index is 0.133. The third-order valence-electron chi connectivity index (χ3n) is 1.97. The van der Waals surface area contributed by atoms with Crippen LogP contribution in [0, 0.1) is 5.92 Å². The van der Waals surface area contributed by atoms with Crippen molar-refractivity contribution >= 4 is 0 Å². The molecule has 80 valence electrons. The fraction of sp³-hybridized carbons (Fsp3) is 1.00. The zero-order chi connectivity index (χ0) is 10.3. The van der Waals surface area contributed by atoms with Crippen LogP contribution in [0.4, 0.5) is 8.78 Å². The smallest absolute Gasteiger partial charge is 0.323 e. The van der Waals surface area contributed by atoms with Crippen molar-refractivity contribution in [1.82, 2.24) is 4.90 Å². The van der Waals surface area contributed by atoms with Gasteiger partial charge in [0.25, 0.3) is 0 Å². The molecule has 4 heteroatoms. The maximum absolute atomic E-state index is 11.7. The highest BCUT2D eigenvalue weighted by Crippen LogP contribution is 2.03. The third kappa shape index (κ3) is 6.90. The Morgan fingerprint density at radius 2 is 1.77 bits per heavy atom. The Kier molecular flexibility index (Phi) is 7.09. The largest absolute Gasteiger partial charge is 0.345 e. The molecule has 0 rings (SSSR count). The first-order valence-electron chi connectivity index (χ1n) is 4.72. The summed E-state index contributed by atoms with van der Waals surface area (Å²) in [4.78, 5) is 2.19. The van der Waals surface area contributed by atoms with Crippen LogP contribution >= 0.6 is 0 Å². The standard InChI is InChI=1S/C9H19F2NO/c1-4-12(5-2)6-8(3)7-13-9(10)11/h8-9H,4-7H2,1-3H3. The van der Waals surface area contributed by atoms with Gasteiger partial charge in [-0.15, -0.1) is 0 Å². The monoisotopic (exact) mass is 195 g/mol. The number of ether oxygens (including phenoxy) is 1. The molecule has 0 fully saturated rings. The van der Waals surface area contributed by atoms with E-state index >= 15 is 0 Å². The second kappa shape index (κ2) is 7.21. The first kappa shape index (κ1) is 12.8. The first-order valence-corrected chi connectivity index (χ1v) is 4.72. The summed E-state index contributed by atoms with van der Waals surface area (Å²) in [6.45, 7) is 6.26. The van der Waals surface area contributed by atoms with E-state index < -0.39 is 6.61 Å². The molecule has 0 saturated heterocycles. The van der Waals surface area contributed by atoms with Crippen molar-refractivity contribution in [2.24, 2.45) is 5.92 Å². The second-order valence-electron chi connectivity index (χ2n) is 3.19. The van der Waals surface area contributed by atoms with Crippen molar-refractivity contribution in [3.63, 3.8) is 0 Å². The van der Waals surface area contributed by atoms with E-state index in [0.717, 1.165) is 19.6 Å². The van der Waals surface area contributed by atoms with Crippen molar-refractivity contribution in [3.8, 4) is 0 Å². The second-order valence-corrected chi connectivity index (χ2v) is 3.19. The van der Waals surface area contributed by atoms with Gasteiger partial charge in [0.15, 0.2) is 0 Å². The van der Waals surface area contributed by atoms with Crippen LogP contribution in [0.5, 0.6) is 0 Å². The Labute approximate surface area is 78.9 Å². The molecule has 0 N–H and O–H groups in total. The summed E-state index contributed by atoms with van der Waals surface area (Å²) >= 11 is 0. The summed E-state index contributed by atoms with van der Waals surface area (Å²) in [5.41, 5.74) is 0. The molecule has 0 aliphatic heterocycles. The zero-order valence-corrected chi connectivity index (χ0v) is 8.59. The molecule has 2 nitrogen and oxygen atoms in total. The molecule has 0 aliphatic rings. The van der Waals surface area contributed by atoms with Gasteiger partial charge in [0.05, 0.1) is 6.61 Å². The van der Waals surface area contributed by atoms with E-state index in [1.165, 1.54) is 0 Å². The molecule has 0 spiro atoms. The minimum Gasteiger partial charge on any atom is -0.323 e. The van der Waals surface area contributed by atoms with Gasteiger partial charge < -0.3 is 9.64 Å². The van der Waals surface area contributed by atoms with Crippen molar-refractivity contribution in [3.05, 3.63) is 0 Å². The van der Waals surface area contributed by atoms with E-state index in [4.69, 9.17) is 0 Å². The Hall–Kier alpha value is -0.220. The fourth-order valence-corrected chi connectivity index (χ4v) is 1.21. The van der Waals surface area contributed by atoms with E-state index in [-0.39, 0.29) is 12.5 Å². The van der Waals surface area contributed by atoms with Crippen molar-refractivity contribution in [1.29, 1.82) is 0 Å². The summed E-state index contributed by atoms with van der Waals surface area (Å²) in [6, 6.07) is 0. The van der Waals surface area contributed by atoms with Crippen LogP contribution in [-0.4, -0.2) is 37.8 Å². The molecule has 1 atom stereocenters. The van der Waals surface area contributed by atoms with Crippen LogP contribution in [0.3, 0.4) is 0 Å². The normalized spacial score (nSPS) is 14.1. The quantitative estimate of drug-likeness (QED) is 0.617. The van der Waals surface area contributed by atoms with Crippen molar-refractivity contribution in [2.75, 3.05) is 26.2 Å². The van der Waals surface area contributed by atoms with Gasteiger partial charge in [0.2, 0.25) is 0 Å². The highest BCUT2D eigenvalue weighted by Gasteiger charge is 2.10. The fourth-order valence-electron chi connectivity index (χ4n) is 1.21. The Morgan fingerprint density at radius 3 is 2.15 bits per heavy atom. The molecule has 13 heavy (non-hydrogen) atoms. The number of hydrogen-bond acceptors (Lipinski definition) is 2. The summed E-state index contributed by atoms with van der Waals surface area (Å²) < 4.78 is 27.6. The summed E-state index contributed by atoms with van der Waals surface area (Å²) in [6.07, 6.45) is 0. The molecule has 0 amide bonds. The van der Waals surface area contributed by atoms with Gasteiger partial charge in [-0.25, -0.2) is 0 Å². The average Bonchev–Trinajstić information content (AvgIpc) is 2.10. The van der Waals surface area contributed by atoms with Crippen LogP contribution < -0.4 is 0 Å². The molecule has 0 radical (unpaired) electrons. The Bertz CT molecular complexity index is 118. The van der Waals surface area contributed by atoms with Crippen LogP contribution in [0.25, 0.3) is 0 Å². The number of alkyl halides is 2. The maximum Gasteiger partial charge on any atom is 0.345 e. The molecular weight excluding hydrogens is 176 g/mol. The summed E-state index contributed by atoms with van der Waals surface area (Å²) in [7, 11) is 0. The van der Waals surface area contributed by atoms with E-state index in [1.807, 2.05) is 6.92 Å². The highest BCUT2D eigenvalue weighted by atomic mass is 19.3. The lowest BCUT2D eigenvalue weighted by Gasteiger charge is -2.22. The van der Waals surface area contributed by atoms with Gasteiger partial charge in [-0.2, -0.15) is 8.78 Å². The number of halogens is 2. The van der Waals surface area contributed by atoms with Crippen molar-refractivity contribution < 1.29 is 13.5 Å². The number of hydrogen-bond donors (Lipinski definition) is 0. The molecule has 0 heterocycles. The van der Waals surface area contributed by atoms with Gasteiger partial charge in [-0.1, -0.05) is 20.8 Å². The number of rotatable bonds is 7. The summed E-state index contributed by atoms with van der Waals surface area (Å²) in [5, 5.41) is 0. The van der Waals surface area contributed by atoms with Gasteiger partial charge in [-0.3, -0.25) is 0 Å². The molecule has 0 saturated carbocycles. The molecule has 0 aliphatic carbocycles. The van der Waals surface area contributed by atoms with Crippen LogP contribution in [-0.2, 0) is 4.74 Å². The predicted octanol–water partition coefficient (Wildman–Crippen LogP) is 2.20. The minimum atomic E-state index is -2.64. The van der Waals surface area contributed by atoms with Gasteiger partial charge in [-0.05, 0) is 19.0 Å². The molecule has 0 aromatic rings. The lowest BCUT2D eigenvalue weighted by atomic mass is 10.2. The molecular formula is C9H19F2NO. The van der Waals surface area contributed by atoms with Crippen LogP contribution in [0.2, 0.25) is 0 Å². The lowest BCUT2D eigenvalue weighted by Crippen LogP contribution is -2.30. The van der Waals surface area contributed by atoms with Gasteiger partial charge in [0.1, 0.15) is 0 Å². The van der Waals surface area contributed by atoms with E-state index in [2.05, 4.69) is 23.5 Å². The highest BCUT2D eigenvalue weighted by molar-refractivity contribution is 4.58. The Morgan fingerprint density at radius 1 is 1.23 bits per heavy atom. The van der Waals surface area contributed by atoms with E-state index in [9.17, 15) is 8.78 Å². The SMILES string of the molecule is CCN(CC)CC(C)COC(F)F. The molecule has 0 aromatic carbocycles. The first-order chi connectivity index (χ1) is 6.10. The van der Waals surface area contributed by atoms with E-state index in [1.54, 1.807) is 0 Å². The van der Waals surface area contributed by atoms with Crippen LogP contribution in [0.15, 0.2) is 0 Å².